The van der Waals surface area contributed by atoms with Crippen molar-refractivity contribution in [3.63, 3.8) is 0 Å². The summed E-state index contributed by atoms with van der Waals surface area (Å²) in [5.41, 5.74) is 2.23. The second-order valence-electron chi connectivity index (χ2n) is 3.56. The van der Waals surface area contributed by atoms with Crippen LogP contribution in [-0.4, -0.2) is 24.4 Å². The zero-order valence-corrected chi connectivity index (χ0v) is 14.1. The maximum atomic E-state index is 5.00. The standard InChI is InChI=1S/C7H9NO.C6H9N.2C2H6/c1-6-5-8-4-3-7(6)9-2;1-6-4-2-3-5-7-6;2*1-2/h3-5H,1-2H3;2,4H,3,5H2,1H3;2*1-2H3. The van der Waals surface area contributed by atoms with Gasteiger partial charge in [0.15, 0.2) is 0 Å². The molecule has 2 rings (SSSR count). The normalized spacial score (nSPS) is 11.4. The summed E-state index contributed by atoms with van der Waals surface area (Å²) in [5.74, 6) is 0.894. The number of hydrogen-bond acceptors (Lipinski definition) is 3. The second kappa shape index (κ2) is 15.4. The zero-order valence-electron chi connectivity index (χ0n) is 14.1. The molecule has 1 aliphatic rings. The minimum Gasteiger partial charge on any atom is -0.496 e. The van der Waals surface area contributed by atoms with E-state index in [2.05, 4.69) is 22.1 Å². The van der Waals surface area contributed by atoms with Crippen LogP contribution < -0.4 is 4.74 Å². The Morgan fingerprint density at radius 1 is 1.10 bits per heavy atom. The Hall–Kier alpha value is -1.64. The number of pyridine rings is 1. The lowest BCUT2D eigenvalue weighted by Crippen LogP contribution is -1.92. The van der Waals surface area contributed by atoms with Gasteiger partial charge in [-0.15, -0.1) is 0 Å². The molecule has 1 aromatic rings. The number of aliphatic imine (C=N–C) groups is 1. The van der Waals surface area contributed by atoms with Crippen LogP contribution in [-0.2, 0) is 0 Å². The summed E-state index contributed by atoms with van der Waals surface area (Å²) in [6.07, 6.45) is 8.83. The lowest BCUT2D eigenvalue weighted by Gasteiger charge is -2.00. The van der Waals surface area contributed by atoms with Gasteiger partial charge in [-0.2, -0.15) is 0 Å². The van der Waals surface area contributed by atoms with Gasteiger partial charge < -0.3 is 4.74 Å². The molecule has 0 aromatic carbocycles. The molecule has 0 bridgehead atoms. The van der Waals surface area contributed by atoms with Gasteiger partial charge in [0, 0.05) is 30.2 Å². The summed E-state index contributed by atoms with van der Waals surface area (Å²) in [4.78, 5) is 8.07. The summed E-state index contributed by atoms with van der Waals surface area (Å²) in [6, 6.07) is 1.84. The molecule has 0 aliphatic carbocycles. The number of dihydropyridines is 1. The van der Waals surface area contributed by atoms with Crippen LogP contribution in [0, 0.1) is 6.92 Å². The average Bonchev–Trinajstić information content (AvgIpc) is 2.53. The molecule has 1 aliphatic heterocycles. The van der Waals surface area contributed by atoms with E-state index in [-0.39, 0.29) is 0 Å². The first-order valence-corrected chi connectivity index (χ1v) is 7.36. The molecule has 0 saturated heterocycles. The molecule has 0 amide bonds. The first kappa shape index (κ1) is 20.7. The minimum absolute atomic E-state index is 0.894. The van der Waals surface area contributed by atoms with Crippen molar-refractivity contribution in [1.82, 2.24) is 4.98 Å². The molecule has 3 nitrogen and oxygen atoms in total. The Balaban J connectivity index is 0. The molecular weight excluding hydrogens is 248 g/mol. The molecule has 20 heavy (non-hydrogen) atoms. The number of aromatic nitrogens is 1. The van der Waals surface area contributed by atoms with Gasteiger partial charge in [0.1, 0.15) is 5.75 Å². The van der Waals surface area contributed by atoms with Crippen LogP contribution in [0.4, 0.5) is 0 Å². The summed E-state index contributed by atoms with van der Waals surface area (Å²) >= 11 is 0. The van der Waals surface area contributed by atoms with E-state index < -0.39 is 0 Å². The van der Waals surface area contributed by atoms with Gasteiger partial charge in [-0.05, 0) is 32.4 Å². The Kier molecular flexibility index (Phi) is 15.9. The number of hydrogen-bond donors (Lipinski definition) is 0. The van der Waals surface area contributed by atoms with E-state index in [9.17, 15) is 0 Å². The van der Waals surface area contributed by atoms with Crippen molar-refractivity contribution in [2.45, 2.75) is 48.0 Å². The first-order chi connectivity index (χ1) is 9.74. The maximum absolute atomic E-state index is 5.00. The van der Waals surface area contributed by atoms with Gasteiger partial charge in [0.05, 0.1) is 7.11 Å². The van der Waals surface area contributed by atoms with Crippen LogP contribution in [0.5, 0.6) is 5.75 Å². The van der Waals surface area contributed by atoms with Crippen LogP contribution in [0.25, 0.3) is 0 Å². The number of ether oxygens (including phenoxy) is 1. The van der Waals surface area contributed by atoms with E-state index in [1.165, 1.54) is 0 Å². The van der Waals surface area contributed by atoms with Crippen molar-refractivity contribution < 1.29 is 4.74 Å². The molecule has 3 heteroatoms. The Labute approximate surface area is 124 Å². The van der Waals surface area contributed by atoms with Gasteiger partial charge >= 0.3 is 0 Å². The average molecular weight is 278 g/mol. The quantitative estimate of drug-likeness (QED) is 0.735. The fourth-order valence-electron chi connectivity index (χ4n) is 1.31. The second-order valence-corrected chi connectivity index (χ2v) is 3.56. The molecule has 0 radical (unpaired) electrons. The number of nitrogens with zero attached hydrogens (tertiary/aromatic N) is 2. The van der Waals surface area contributed by atoms with E-state index in [1.807, 2.05) is 47.6 Å². The van der Waals surface area contributed by atoms with Crippen LogP contribution in [0.1, 0.15) is 46.6 Å². The summed E-state index contributed by atoms with van der Waals surface area (Å²) < 4.78 is 5.00. The van der Waals surface area contributed by atoms with Crippen molar-refractivity contribution in [2.75, 3.05) is 13.7 Å². The highest BCUT2D eigenvalue weighted by Crippen LogP contribution is 2.12. The van der Waals surface area contributed by atoms with Gasteiger partial charge in [-0.1, -0.05) is 33.8 Å². The van der Waals surface area contributed by atoms with E-state index in [0.717, 1.165) is 30.0 Å². The van der Waals surface area contributed by atoms with Crippen molar-refractivity contribution >= 4 is 5.71 Å². The minimum atomic E-state index is 0.894. The number of rotatable bonds is 1. The van der Waals surface area contributed by atoms with Gasteiger partial charge in [0.2, 0.25) is 0 Å². The monoisotopic (exact) mass is 278 g/mol. The Morgan fingerprint density at radius 3 is 2.05 bits per heavy atom. The van der Waals surface area contributed by atoms with Crippen LogP contribution in [0.3, 0.4) is 0 Å². The summed E-state index contributed by atoms with van der Waals surface area (Å²) in [7, 11) is 1.66. The molecule has 0 N–H and O–H groups in total. The summed E-state index contributed by atoms with van der Waals surface area (Å²) in [6.45, 7) is 13.0. The number of aryl methyl sites for hydroxylation is 1. The molecule has 0 fully saturated rings. The summed E-state index contributed by atoms with van der Waals surface area (Å²) in [5, 5.41) is 0. The number of allylic oxidation sites excluding steroid dienone is 1. The van der Waals surface area contributed by atoms with E-state index in [4.69, 9.17) is 4.74 Å². The Bertz CT molecular complexity index is 384. The van der Waals surface area contributed by atoms with E-state index >= 15 is 0 Å². The van der Waals surface area contributed by atoms with Gasteiger partial charge in [-0.25, -0.2) is 0 Å². The van der Waals surface area contributed by atoms with Crippen molar-refractivity contribution in [3.8, 4) is 5.75 Å². The van der Waals surface area contributed by atoms with E-state index in [1.54, 1.807) is 19.5 Å². The van der Waals surface area contributed by atoms with E-state index in [0.29, 0.717) is 0 Å². The highest BCUT2D eigenvalue weighted by atomic mass is 16.5. The molecule has 0 spiro atoms. The van der Waals surface area contributed by atoms with Crippen LogP contribution in [0.2, 0.25) is 0 Å². The SMILES string of the molecule is CC.CC.CC1=NCCC=C1.COc1ccncc1C. The zero-order chi connectivity index (χ0) is 15.8. The first-order valence-electron chi connectivity index (χ1n) is 7.36. The van der Waals surface area contributed by atoms with Gasteiger partial charge in [-0.3, -0.25) is 9.98 Å². The van der Waals surface area contributed by atoms with Crippen molar-refractivity contribution in [1.29, 1.82) is 0 Å². The third-order valence-electron chi connectivity index (χ3n) is 2.20. The van der Waals surface area contributed by atoms with Crippen LogP contribution in [0.15, 0.2) is 35.6 Å². The topological polar surface area (TPSA) is 34.5 Å². The predicted molar refractivity (Wildman–Crippen MR) is 90.0 cm³/mol. The lowest BCUT2D eigenvalue weighted by molar-refractivity contribution is 0.411. The van der Waals surface area contributed by atoms with Crippen LogP contribution >= 0.6 is 0 Å². The van der Waals surface area contributed by atoms with Crippen molar-refractivity contribution in [3.05, 3.63) is 36.2 Å². The number of methoxy groups -OCH3 is 1. The van der Waals surface area contributed by atoms with Gasteiger partial charge in [0.25, 0.3) is 0 Å². The van der Waals surface area contributed by atoms with Crippen molar-refractivity contribution in [2.24, 2.45) is 4.99 Å². The largest absolute Gasteiger partial charge is 0.496 e. The molecule has 0 saturated carbocycles. The molecular formula is C17H30N2O. The predicted octanol–water partition coefficient (Wildman–Crippen LogP) is 4.86. The molecule has 2 heterocycles. The molecule has 114 valence electrons. The maximum Gasteiger partial charge on any atom is 0.124 e. The fraction of sp³-hybridized carbons (Fsp3) is 0.529. The third-order valence-corrected chi connectivity index (χ3v) is 2.20. The molecule has 0 atom stereocenters. The molecule has 0 unspecified atom stereocenters. The molecule has 1 aromatic heterocycles. The highest BCUT2D eigenvalue weighted by molar-refractivity contribution is 5.93. The lowest BCUT2D eigenvalue weighted by atomic mass is 10.2. The fourth-order valence-corrected chi connectivity index (χ4v) is 1.31. The third kappa shape index (κ3) is 10.3. The highest BCUT2D eigenvalue weighted by Gasteiger charge is 1.92. The smallest absolute Gasteiger partial charge is 0.124 e. The Morgan fingerprint density at radius 2 is 1.75 bits per heavy atom.